The molecule has 1 fully saturated rings. The molecule has 0 bridgehead atoms. The van der Waals surface area contributed by atoms with E-state index in [1.165, 1.54) is 0 Å². The molecule has 5 heteroatoms. The molecule has 2 rings (SSSR count). The Morgan fingerprint density at radius 1 is 1.67 bits per heavy atom. The van der Waals surface area contributed by atoms with E-state index in [0.717, 1.165) is 12.8 Å². The number of hydrogen-bond acceptors (Lipinski definition) is 3. The van der Waals surface area contributed by atoms with Gasteiger partial charge in [-0.25, -0.2) is 0 Å². The van der Waals surface area contributed by atoms with E-state index < -0.39 is 0 Å². The maximum Gasteiger partial charge on any atom is 0.288 e. The summed E-state index contributed by atoms with van der Waals surface area (Å²) in [5.41, 5.74) is 0. The third-order valence-corrected chi connectivity index (χ3v) is 2.74. The van der Waals surface area contributed by atoms with Gasteiger partial charge in [-0.2, -0.15) is 5.26 Å². The molecule has 1 amide bonds. The van der Waals surface area contributed by atoms with Gasteiger partial charge in [0.05, 0.1) is 6.07 Å². The minimum absolute atomic E-state index is 0.225. The highest BCUT2D eigenvalue weighted by molar-refractivity contribution is 9.10. The molecule has 0 aromatic carbocycles. The molecule has 0 radical (unpaired) electrons. The molecule has 1 N–H and O–H groups in total. The fourth-order valence-corrected chi connectivity index (χ4v) is 1.64. The SMILES string of the molecule is N#CC(NC(=O)c1ccc(Br)o1)C1CC1. The van der Waals surface area contributed by atoms with Crippen LogP contribution in [0.2, 0.25) is 0 Å². The van der Waals surface area contributed by atoms with Crippen LogP contribution >= 0.6 is 15.9 Å². The second kappa shape index (κ2) is 4.07. The molecule has 1 aliphatic rings. The Labute approximate surface area is 95.4 Å². The number of amides is 1. The van der Waals surface area contributed by atoms with Gasteiger partial charge in [-0.15, -0.1) is 0 Å². The Morgan fingerprint density at radius 3 is 2.87 bits per heavy atom. The number of rotatable bonds is 3. The van der Waals surface area contributed by atoms with Crippen molar-refractivity contribution in [2.75, 3.05) is 0 Å². The molecule has 1 unspecified atom stereocenters. The van der Waals surface area contributed by atoms with Gasteiger partial charge < -0.3 is 9.73 Å². The third-order valence-electron chi connectivity index (χ3n) is 2.32. The maximum absolute atomic E-state index is 11.6. The summed E-state index contributed by atoms with van der Waals surface area (Å²) in [6, 6.07) is 4.91. The molecule has 0 spiro atoms. The summed E-state index contributed by atoms with van der Waals surface area (Å²) in [6.07, 6.45) is 2.03. The predicted octanol–water partition coefficient (Wildman–Crippen LogP) is 2.07. The second-order valence-electron chi connectivity index (χ2n) is 3.52. The topological polar surface area (TPSA) is 66.0 Å². The summed E-state index contributed by atoms with van der Waals surface area (Å²) in [7, 11) is 0. The summed E-state index contributed by atoms with van der Waals surface area (Å²) in [5, 5.41) is 11.5. The van der Waals surface area contributed by atoms with Crippen molar-refractivity contribution in [2.24, 2.45) is 5.92 Å². The van der Waals surface area contributed by atoms with Crippen LogP contribution in [0.1, 0.15) is 23.4 Å². The van der Waals surface area contributed by atoms with E-state index in [2.05, 4.69) is 27.3 Å². The minimum Gasteiger partial charge on any atom is -0.444 e. The van der Waals surface area contributed by atoms with Crippen LogP contribution in [-0.4, -0.2) is 11.9 Å². The Kier molecular flexibility index (Phi) is 2.78. The zero-order valence-corrected chi connectivity index (χ0v) is 9.45. The zero-order valence-electron chi connectivity index (χ0n) is 7.87. The lowest BCUT2D eigenvalue weighted by Crippen LogP contribution is -2.35. The Bertz CT molecular complexity index is 417. The molecule has 1 saturated carbocycles. The van der Waals surface area contributed by atoms with E-state index in [4.69, 9.17) is 9.68 Å². The van der Waals surface area contributed by atoms with Crippen LogP contribution < -0.4 is 5.32 Å². The molecule has 0 aliphatic heterocycles. The lowest BCUT2D eigenvalue weighted by Gasteiger charge is -2.08. The van der Waals surface area contributed by atoms with Crippen molar-refractivity contribution >= 4 is 21.8 Å². The van der Waals surface area contributed by atoms with Gasteiger partial charge in [0.25, 0.3) is 5.91 Å². The highest BCUT2D eigenvalue weighted by Gasteiger charge is 2.32. The molecular weight excluding hydrogens is 260 g/mol. The number of halogens is 1. The normalized spacial score (nSPS) is 16.8. The standard InChI is InChI=1S/C10H9BrN2O2/c11-9-4-3-8(15-9)10(14)13-7(5-12)6-1-2-6/h3-4,6-7H,1-2H2,(H,13,14). The van der Waals surface area contributed by atoms with E-state index in [0.29, 0.717) is 10.6 Å². The zero-order chi connectivity index (χ0) is 10.8. The van der Waals surface area contributed by atoms with Gasteiger partial charge in [-0.3, -0.25) is 4.79 Å². The van der Waals surface area contributed by atoms with E-state index >= 15 is 0 Å². The molecule has 15 heavy (non-hydrogen) atoms. The number of nitrogens with zero attached hydrogens (tertiary/aromatic N) is 1. The molecule has 78 valence electrons. The van der Waals surface area contributed by atoms with E-state index in [9.17, 15) is 4.79 Å². The Balaban J connectivity index is 2.00. The smallest absolute Gasteiger partial charge is 0.288 e. The number of nitriles is 1. The quantitative estimate of drug-likeness (QED) is 0.913. The third kappa shape index (κ3) is 2.39. The first-order valence-electron chi connectivity index (χ1n) is 4.66. The summed E-state index contributed by atoms with van der Waals surface area (Å²) in [4.78, 5) is 11.6. The van der Waals surface area contributed by atoms with Crippen LogP contribution in [0.25, 0.3) is 0 Å². The molecule has 1 aromatic rings. The molecule has 1 aromatic heterocycles. The monoisotopic (exact) mass is 268 g/mol. The molecule has 4 nitrogen and oxygen atoms in total. The Morgan fingerprint density at radius 2 is 2.40 bits per heavy atom. The molecule has 1 atom stereocenters. The lowest BCUT2D eigenvalue weighted by atomic mass is 10.2. The summed E-state index contributed by atoms with van der Waals surface area (Å²) in [5.74, 6) is 0.208. The minimum atomic E-state index is -0.388. The number of nitrogens with one attached hydrogen (secondary N) is 1. The lowest BCUT2D eigenvalue weighted by molar-refractivity contribution is 0.0912. The van der Waals surface area contributed by atoms with E-state index in [-0.39, 0.29) is 17.7 Å². The first kappa shape index (κ1) is 10.2. The molecule has 0 saturated heterocycles. The first-order valence-corrected chi connectivity index (χ1v) is 5.46. The fraction of sp³-hybridized carbons (Fsp3) is 0.400. The number of furan rings is 1. The van der Waals surface area contributed by atoms with Crippen molar-refractivity contribution in [3.05, 3.63) is 22.6 Å². The van der Waals surface area contributed by atoms with Crippen LogP contribution in [0.4, 0.5) is 0 Å². The van der Waals surface area contributed by atoms with Gasteiger partial charge in [0.15, 0.2) is 10.4 Å². The second-order valence-corrected chi connectivity index (χ2v) is 4.30. The number of hydrogen-bond donors (Lipinski definition) is 1. The highest BCUT2D eigenvalue weighted by atomic mass is 79.9. The van der Waals surface area contributed by atoms with Crippen molar-refractivity contribution in [1.29, 1.82) is 5.26 Å². The van der Waals surface area contributed by atoms with Crippen LogP contribution in [0.5, 0.6) is 0 Å². The van der Waals surface area contributed by atoms with Gasteiger partial charge in [0.1, 0.15) is 6.04 Å². The van der Waals surface area contributed by atoms with E-state index in [1.807, 2.05) is 0 Å². The van der Waals surface area contributed by atoms with Crippen molar-refractivity contribution in [3.8, 4) is 6.07 Å². The molecular formula is C10H9BrN2O2. The van der Waals surface area contributed by atoms with Crippen molar-refractivity contribution in [1.82, 2.24) is 5.32 Å². The molecule has 1 heterocycles. The maximum atomic E-state index is 11.6. The van der Waals surface area contributed by atoms with Crippen LogP contribution in [0, 0.1) is 17.2 Å². The summed E-state index contributed by atoms with van der Waals surface area (Å²) < 4.78 is 5.59. The first-order chi connectivity index (χ1) is 7.20. The fourth-order valence-electron chi connectivity index (χ4n) is 1.33. The van der Waals surface area contributed by atoms with Gasteiger partial charge >= 0.3 is 0 Å². The largest absolute Gasteiger partial charge is 0.444 e. The van der Waals surface area contributed by atoms with Gasteiger partial charge in [0.2, 0.25) is 0 Å². The van der Waals surface area contributed by atoms with Crippen LogP contribution in [0.3, 0.4) is 0 Å². The average Bonchev–Trinajstić information content (AvgIpc) is 2.97. The van der Waals surface area contributed by atoms with Crippen LogP contribution in [0.15, 0.2) is 21.2 Å². The van der Waals surface area contributed by atoms with Crippen molar-refractivity contribution in [2.45, 2.75) is 18.9 Å². The van der Waals surface area contributed by atoms with Crippen molar-refractivity contribution < 1.29 is 9.21 Å². The van der Waals surface area contributed by atoms with Gasteiger partial charge in [-0.1, -0.05) is 0 Å². The average molecular weight is 269 g/mol. The molecule has 1 aliphatic carbocycles. The van der Waals surface area contributed by atoms with Crippen LogP contribution in [-0.2, 0) is 0 Å². The summed E-state index contributed by atoms with van der Waals surface area (Å²) >= 11 is 3.11. The predicted molar refractivity (Wildman–Crippen MR) is 56.0 cm³/mol. The number of carbonyl (C=O) groups excluding carboxylic acids is 1. The van der Waals surface area contributed by atoms with Gasteiger partial charge in [0, 0.05) is 0 Å². The summed E-state index contributed by atoms with van der Waals surface area (Å²) in [6.45, 7) is 0. The van der Waals surface area contributed by atoms with Gasteiger partial charge in [-0.05, 0) is 46.8 Å². The number of carbonyl (C=O) groups is 1. The Hall–Kier alpha value is -1.28. The highest BCUT2D eigenvalue weighted by Crippen LogP contribution is 2.32. The van der Waals surface area contributed by atoms with Crippen molar-refractivity contribution in [3.63, 3.8) is 0 Å². The van der Waals surface area contributed by atoms with E-state index in [1.54, 1.807) is 12.1 Å².